The largest absolute Gasteiger partial charge is 0.309 e. The van der Waals surface area contributed by atoms with Crippen LogP contribution in [0.1, 0.15) is 0 Å². The first-order valence-corrected chi connectivity index (χ1v) is 22.0. The fourth-order valence-corrected chi connectivity index (χ4v) is 10.8. The Labute approximate surface area is 366 Å². The van der Waals surface area contributed by atoms with Crippen LogP contribution >= 0.6 is 11.3 Å². The minimum absolute atomic E-state index is 0.627. The van der Waals surface area contributed by atoms with Crippen LogP contribution in [0.4, 0.5) is 0 Å². The quantitative estimate of drug-likeness (QED) is 0.168. The van der Waals surface area contributed by atoms with Crippen molar-refractivity contribution in [2.45, 2.75) is 0 Å². The molecule has 4 aromatic heterocycles. The van der Waals surface area contributed by atoms with E-state index in [1.807, 2.05) is 0 Å². The first kappa shape index (κ1) is 35.6. The molecule has 9 aromatic carbocycles. The fraction of sp³-hybridized carbons (Fsp3) is 0. The second-order valence-corrected chi connectivity index (χ2v) is 17.1. The highest BCUT2D eigenvalue weighted by molar-refractivity contribution is 7.26. The Bertz CT molecular complexity index is 3860. The van der Waals surface area contributed by atoms with E-state index in [2.05, 4.69) is 215 Å². The molecule has 0 saturated heterocycles. The van der Waals surface area contributed by atoms with Crippen LogP contribution < -0.4 is 0 Å². The summed E-state index contributed by atoms with van der Waals surface area (Å²) in [7, 11) is 0. The van der Waals surface area contributed by atoms with E-state index >= 15 is 0 Å². The zero-order valence-corrected chi connectivity index (χ0v) is 34.7. The molecule has 0 unspecified atom stereocenters. The van der Waals surface area contributed by atoms with Crippen LogP contribution in [-0.4, -0.2) is 24.1 Å². The zero-order chi connectivity index (χ0) is 41.4. The molecule has 0 spiro atoms. The number of rotatable bonds is 6. The van der Waals surface area contributed by atoms with Crippen LogP contribution in [0.5, 0.6) is 0 Å². The summed E-state index contributed by atoms with van der Waals surface area (Å²) in [4.78, 5) is 15.3. The van der Waals surface area contributed by atoms with Crippen LogP contribution in [-0.2, 0) is 0 Å². The predicted octanol–water partition coefficient (Wildman–Crippen LogP) is 15.1. The number of aromatic nitrogens is 5. The Morgan fingerprint density at radius 1 is 0.349 bits per heavy atom. The average molecular weight is 822 g/mol. The lowest BCUT2D eigenvalue weighted by Gasteiger charge is -2.13. The van der Waals surface area contributed by atoms with Gasteiger partial charge in [-0.05, 0) is 89.0 Å². The van der Waals surface area contributed by atoms with E-state index in [-0.39, 0.29) is 0 Å². The van der Waals surface area contributed by atoms with Crippen molar-refractivity contribution >= 4 is 75.1 Å². The highest BCUT2D eigenvalue weighted by Crippen LogP contribution is 2.45. The second kappa shape index (κ2) is 14.2. The highest BCUT2D eigenvalue weighted by atomic mass is 32.1. The van der Waals surface area contributed by atoms with Crippen molar-refractivity contribution < 1.29 is 0 Å². The first-order valence-electron chi connectivity index (χ1n) is 21.2. The number of hydrogen-bond donors (Lipinski definition) is 0. The maximum absolute atomic E-state index is 5.40. The smallest absolute Gasteiger partial charge is 0.165 e. The van der Waals surface area contributed by atoms with Gasteiger partial charge in [0, 0.05) is 64.2 Å². The van der Waals surface area contributed by atoms with E-state index in [9.17, 15) is 0 Å². The van der Waals surface area contributed by atoms with Gasteiger partial charge >= 0.3 is 0 Å². The second-order valence-electron chi connectivity index (χ2n) is 16.0. The average Bonchev–Trinajstić information content (AvgIpc) is 4.02. The summed E-state index contributed by atoms with van der Waals surface area (Å²) < 4.78 is 7.08. The lowest BCUT2D eigenvalue weighted by Crippen LogP contribution is -2.00. The lowest BCUT2D eigenvalue weighted by atomic mass is 9.97. The molecule has 0 aliphatic heterocycles. The standard InChI is InChI=1S/C57H35N5S/c1-3-15-36(16-4-1)37-17-13-18-38(31-37)39-29-30-53-47(32-39)48-33-41(61-50-26-10-7-21-42(50)43-22-8-11-27-51(43)61)34-49(55(48)63-53)57-59-35-58-56(60-57)46-25-14-24-45-44-23-9-12-28-52(44)62(54(45)46)40-19-5-2-6-20-40/h1-35H. The maximum atomic E-state index is 5.40. The van der Waals surface area contributed by atoms with E-state index in [1.54, 1.807) is 17.7 Å². The molecule has 4 heterocycles. The van der Waals surface area contributed by atoms with Gasteiger partial charge < -0.3 is 9.13 Å². The highest BCUT2D eigenvalue weighted by Gasteiger charge is 2.22. The molecule has 0 atom stereocenters. The van der Waals surface area contributed by atoms with Crippen LogP contribution in [0.2, 0.25) is 0 Å². The number of benzene rings is 9. The Hall–Kier alpha value is -8.19. The monoisotopic (exact) mass is 821 g/mol. The van der Waals surface area contributed by atoms with E-state index in [0.717, 1.165) is 54.7 Å². The van der Waals surface area contributed by atoms with Crippen LogP contribution in [0.25, 0.3) is 120 Å². The Kier molecular flexibility index (Phi) is 8.01. The number of nitrogens with zero attached hydrogens (tertiary/aromatic N) is 5. The van der Waals surface area contributed by atoms with Crippen molar-refractivity contribution in [1.29, 1.82) is 0 Å². The van der Waals surface area contributed by atoms with E-state index in [1.165, 1.54) is 53.9 Å². The summed E-state index contributed by atoms with van der Waals surface area (Å²) in [6.45, 7) is 0. The molecular weight excluding hydrogens is 787 g/mol. The molecule has 0 aliphatic rings. The van der Waals surface area contributed by atoms with Crippen molar-refractivity contribution in [3.63, 3.8) is 0 Å². The molecule has 0 fully saturated rings. The van der Waals surface area contributed by atoms with E-state index in [0.29, 0.717) is 11.6 Å². The fourth-order valence-electron chi connectivity index (χ4n) is 9.65. The van der Waals surface area contributed by atoms with Crippen molar-refractivity contribution in [1.82, 2.24) is 24.1 Å². The van der Waals surface area contributed by atoms with Gasteiger partial charge in [-0.15, -0.1) is 11.3 Å². The molecule has 0 saturated carbocycles. The normalized spacial score (nSPS) is 11.8. The lowest BCUT2D eigenvalue weighted by molar-refractivity contribution is 1.06. The van der Waals surface area contributed by atoms with Crippen molar-refractivity contribution in [2.24, 2.45) is 0 Å². The molecule has 5 nitrogen and oxygen atoms in total. The SMILES string of the molecule is c1ccc(-c2cccc(-c3ccc4sc5c(-c6ncnc(-c7cccc8c9ccccc9n(-c9ccccc9)c78)n6)cc(-n6c7ccccc7c7ccccc76)cc5c4c3)c2)cc1. The molecule has 294 valence electrons. The third-order valence-electron chi connectivity index (χ3n) is 12.5. The number of para-hydroxylation sites is 5. The van der Waals surface area contributed by atoms with E-state index < -0.39 is 0 Å². The summed E-state index contributed by atoms with van der Waals surface area (Å²) in [5, 5.41) is 7.14. The topological polar surface area (TPSA) is 48.5 Å². The molecule has 0 amide bonds. The summed E-state index contributed by atoms with van der Waals surface area (Å²) in [6.07, 6.45) is 1.68. The molecule has 13 rings (SSSR count). The summed E-state index contributed by atoms with van der Waals surface area (Å²) in [5.74, 6) is 1.26. The van der Waals surface area contributed by atoms with Crippen LogP contribution in [0, 0.1) is 0 Å². The summed E-state index contributed by atoms with van der Waals surface area (Å²) in [5.41, 5.74) is 13.3. The third-order valence-corrected chi connectivity index (χ3v) is 13.7. The van der Waals surface area contributed by atoms with Gasteiger partial charge in [-0.3, -0.25) is 0 Å². The molecule has 13 aromatic rings. The van der Waals surface area contributed by atoms with Crippen molar-refractivity contribution in [3.05, 3.63) is 213 Å². The molecule has 0 radical (unpaired) electrons. The minimum atomic E-state index is 0.627. The van der Waals surface area contributed by atoms with Gasteiger partial charge in [0.2, 0.25) is 0 Å². The van der Waals surface area contributed by atoms with Crippen molar-refractivity contribution in [2.75, 3.05) is 0 Å². The van der Waals surface area contributed by atoms with Crippen LogP contribution in [0.3, 0.4) is 0 Å². The van der Waals surface area contributed by atoms with E-state index in [4.69, 9.17) is 15.0 Å². The Morgan fingerprint density at radius 3 is 1.63 bits per heavy atom. The first-order chi connectivity index (χ1) is 31.2. The zero-order valence-electron chi connectivity index (χ0n) is 33.9. The van der Waals surface area contributed by atoms with Gasteiger partial charge in [-0.25, -0.2) is 15.0 Å². The van der Waals surface area contributed by atoms with Gasteiger partial charge in [0.1, 0.15) is 6.33 Å². The molecule has 6 heteroatoms. The number of fused-ring (bicyclic) bond motifs is 9. The molecule has 0 aliphatic carbocycles. The van der Waals surface area contributed by atoms with Gasteiger partial charge in [0.15, 0.2) is 11.6 Å². The Balaban J connectivity index is 1.06. The van der Waals surface area contributed by atoms with Gasteiger partial charge in [0.25, 0.3) is 0 Å². The molecule has 0 N–H and O–H groups in total. The third kappa shape index (κ3) is 5.66. The predicted molar refractivity (Wildman–Crippen MR) is 263 cm³/mol. The van der Waals surface area contributed by atoms with Crippen molar-refractivity contribution in [3.8, 4) is 56.4 Å². The van der Waals surface area contributed by atoms with Gasteiger partial charge in [-0.1, -0.05) is 140 Å². The van der Waals surface area contributed by atoms with Gasteiger partial charge in [0.05, 0.1) is 22.1 Å². The molecular formula is C57H35N5S. The number of thiophene rings is 1. The summed E-state index contributed by atoms with van der Waals surface area (Å²) >= 11 is 1.79. The minimum Gasteiger partial charge on any atom is -0.309 e. The number of hydrogen-bond acceptors (Lipinski definition) is 4. The maximum Gasteiger partial charge on any atom is 0.165 e. The van der Waals surface area contributed by atoms with Gasteiger partial charge in [-0.2, -0.15) is 0 Å². The molecule has 63 heavy (non-hydrogen) atoms. The van der Waals surface area contributed by atoms with Crippen LogP contribution in [0.15, 0.2) is 213 Å². The Morgan fingerprint density at radius 2 is 0.905 bits per heavy atom. The summed E-state index contributed by atoms with van der Waals surface area (Å²) in [6, 6.07) is 73.9. The molecule has 0 bridgehead atoms.